The maximum absolute atomic E-state index is 12.9. The minimum atomic E-state index is -0.120. The number of carbonyl (C=O) groups excluding carboxylic acids is 1. The quantitative estimate of drug-likeness (QED) is 0.741. The first-order valence-corrected chi connectivity index (χ1v) is 10.0. The van der Waals surface area contributed by atoms with Gasteiger partial charge in [-0.15, -0.1) is 0 Å². The van der Waals surface area contributed by atoms with E-state index in [1.807, 2.05) is 36.4 Å². The van der Waals surface area contributed by atoms with Gasteiger partial charge in [0.05, 0.1) is 11.9 Å². The molecule has 1 aliphatic rings. The van der Waals surface area contributed by atoms with Crippen molar-refractivity contribution in [3.63, 3.8) is 0 Å². The van der Waals surface area contributed by atoms with E-state index in [0.29, 0.717) is 11.2 Å². The Labute approximate surface area is 165 Å². The van der Waals surface area contributed by atoms with E-state index in [1.165, 1.54) is 12.8 Å². The number of benzene rings is 1. The van der Waals surface area contributed by atoms with Gasteiger partial charge >= 0.3 is 0 Å². The van der Waals surface area contributed by atoms with Gasteiger partial charge in [-0.3, -0.25) is 4.79 Å². The number of rotatable bonds is 5. The van der Waals surface area contributed by atoms with Crippen molar-refractivity contribution in [1.29, 1.82) is 0 Å². The second kappa shape index (κ2) is 8.10. The molecule has 3 heterocycles. The number of hydrogen-bond acceptors (Lipinski definition) is 4. The van der Waals surface area contributed by atoms with Crippen LogP contribution in [-0.4, -0.2) is 51.1 Å². The van der Waals surface area contributed by atoms with Gasteiger partial charge in [0.1, 0.15) is 5.56 Å². The fourth-order valence-corrected chi connectivity index (χ4v) is 4.07. The summed E-state index contributed by atoms with van der Waals surface area (Å²) in [6, 6.07) is 12.0. The van der Waals surface area contributed by atoms with E-state index in [2.05, 4.69) is 34.1 Å². The first kappa shape index (κ1) is 18.6. The van der Waals surface area contributed by atoms with Crippen molar-refractivity contribution in [2.24, 2.45) is 5.92 Å². The summed E-state index contributed by atoms with van der Waals surface area (Å²) in [7, 11) is 0. The third-order valence-corrected chi connectivity index (χ3v) is 5.37. The number of nitrogens with one attached hydrogen (secondary N) is 1. The molecule has 2 aromatic heterocycles. The highest BCUT2D eigenvalue weighted by atomic mass is 16.1. The Hall–Kier alpha value is -2.73. The van der Waals surface area contributed by atoms with Crippen molar-refractivity contribution in [1.82, 2.24) is 24.8 Å². The fraction of sp³-hybridized carbons (Fsp3) is 0.409. The van der Waals surface area contributed by atoms with Gasteiger partial charge in [0.2, 0.25) is 0 Å². The largest absolute Gasteiger partial charge is 0.348 e. The Morgan fingerprint density at radius 1 is 1.29 bits per heavy atom. The van der Waals surface area contributed by atoms with Crippen molar-refractivity contribution in [3.8, 4) is 11.3 Å². The van der Waals surface area contributed by atoms with Crippen LogP contribution in [0.15, 0.2) is 48.8 Å². The lowest BCUT2D eigenvalue weighted by molar-refractivity contribution is 0.0921. The molecule has 0 aliphatic carbocycles. The van der Waals surface area contributed by atoms with Crippen LogP contribution in [0.1, 0.15) is 37.0 Å². The third-order valence-electron chi connectivity index (χ3n) is 5.37. The van der Waals surface area contributed by atoms with Crippen molar-refractivity contribution >= 4 is 11.6 Å². The zero-order chi connectivity index (χ0) is 19.5. The van der Waals surface area contributed by atoms with Gasteiger partial charge in [0.25, 0.3) is 5.91 Å². The predicted octanol–water partition coefficient (Wildman–Crippen LogP) is 3.25. The molecule has 0 bridgehead atoms. The van der Waals surface area contributed by atoms with Crippen molar-refractivity contribution in [3.05, 3.63) is 54.4 Å². The summed E-state index contributed by atoms with van der Waals surface area (Å²) in [5, 5.41) is 7.55. The van der Waals surface area contributed by atoms with Crippen LogP contribution in [0.25, 0.3) is 16.9 Å². The molecule has 2 atom stereocenters. The second-order valence-corrected chi connectivity index (χ2v) is 7.87. The Morgan fingerprint density at radius 3 is 2.89 bits per heavy atom. The normalized spacial score (nSPS) is 18.9. The average molecular weight is 377 g/mol. The molecular weight excluding hydrogens is 350 g/mol. The van der Waals surface area contributed by atoms with Crippen LogP contribution in [0.5, 0.6) is 0 Å². The topological polar surface area (TPSA) is 62.5 Å². The van der Waals surface area contributed by atoms with Crippen LogP contribution >= 0.6 is 0 Å². The summed E-state index contributed by atoms with van der Waals surface area (Å²) in [4.78, 5) is 19.7. The van der Waals surface area contributed by atoms with Crippen LogP contribution in [0.3, 0.4) is 0 Å². The monoisotopic (exact) mass is 377 g/mol. The molecule has 6 nitrogen and oxygen atoms in total. The van der Waals surface area contributed by atoms with Gasteiger partial charge in [-0.1, -0.05) is 37.3 Å². The lowest BCUT2D eigenvalue weighted by Crippen LogP contribution is -2.45. The number of fused-ring (bicyclic) bond motifs is 1. The molecule has 1 amide bonds. The maximum Gasteiger partial charge on any atom is 0.257 e. The van der Waals surface area contributed by atoms with Gasteiger partial charge in [-0.05, 0) is 38.3 Å². The molecule has 146 valence electrons. The van der Waals surface area contributed by atoms with Crippen LogP contribution in [0.2, 0.25) is 0 Å². The Morgan fingerprint density at radius 2 is 2.11 bits per heavy atom. The van der Waals surface area contributed by atoms with E-state index in [-0.39, 0.29) is 11.9 Å². The van der Waals surface area contributed by atoms with Crippen molar-refractivity contribution in [2.75, 3.05) is 19.6 Å². The predicted molar refractivity (Wildman–Crippen MR) is 110 cm³/mol. The number of hydrogen-bond donors (Lipinski definition) is 1. The molecule has 0 spiro atoms. The first-order valence-electron chi connectivity index (χ1n) is 10.0. The number of piperidine rings is 1. The van der Waals surface area contributed by atoms with Crippen LogP contribution in [0.4, 0.5) is 0 Å². The van der Waals surface area contributed by atoms with Gasteiger partial charge < -0.3 is 10.2 Å². The van der Waals surface area contributed by atoms with E-state index in [1.54, 1.807) is 16.9 Å². The summed E-state index contributed by atoms with van der Waals surface area (Å²) >= 11 is 0. The SMILES string of the molecule is CC1CCCN(CC(C)NC(=O)c2cnn3c(-c4ccccc4)ccnc23)C1. The Balaban J connectivity index is 1.50. The maximum atomic E-state index is 12.9. The molecule has 1 N–H and O–H groups in total. The van der Waals surface area contributed by atoms with E-state index < -0.39 is 0 Å². The van der Waals surface area contributed by atoms with Gasteiger partial charge in [-0.2, -0.15) is 5.10 Å². The molecule has 1 saturated heterocycles. The van der Waals surface area contributed by atoms with E-state index in [4.69, 9.17) is 0 Å². The molecule has 4 rings (SSSR count). The Bertz CT molecular complexity index is 952. The Kier molecular flexibility index (Phi) is 5.39. The van der Waals surface area contributed by atoms with Crippen molar-refractivity contribution < 1.29 is 4.79 Å². The zero-order valence-corrected chi connectivity index (χ0v) is 16.5. The van der Waals surface area contributed by atoms with Crippen LogP contribution in [0, 0.1) is 5.92 Å². The molecule has 1 aliphatic heterocycles. The number of amides is 1. The molecule has 0 saturated carbocycles. The van der Waals surface area contributed by atoms with E-state index in [9.17, 15) is 4.79 Å². The summed E-state index contributed by atoms with van der Waals surface area (Å²) in [6.45, 7) is 7.45. The summed E-state index contributed by atoms with van der Waals surface area (Å²) < 4.78 is 1.74. The number of carbonyl (C=O) groups is 1. The average Bonchev–Trinajstić information content (AvgIpc) is 3.13. The lowest BCUT2D eigenvalue weighted by Gasteiger charge is -2.32. The smallest absolute Gasteiger partial charge is 0.257 e. The van der Waals surface area contributed by atoms with Gasteiger partial charge in [0, 0.05) is 30.9 Å². The standard InChI is InChI=1S/C22H27N5O/c1-16-7-6-12-26(14-16)15-17(2)25-22(28)19-13-24-27-20(10-11-23-21(19)27)18-8-4-3-5-9-18/h3-5,8-11,13,16-17H,6-7,12,14-15H2,1-2H3,(H,25,28). The molecule has 6 heteroatoms. The molecular formula is C22H27N5O. The summed E-state index contributed by atoms with van der Waals surface area (Å²) in [5.74, 6) is 0.613. The highest BCUT2D eigenvalue weighted by Gasteiger charge is 2.21. The fourth-order valence-electron chi connectivity index (χ4n) is 4.07. The first-order chi connectivity index (χ1) is 13.6. The lowest BCUT2D eigenvalue weighted by atomic mass is 10.00. The van der Waals surface area contributed by atoms with Crippen LogP contribution < -0.4 is 5.32 Å². The van der Waals surface area contributed by atoms with E-state index >= 15 is 0 Å². The molecule has 1 aromatic carbocycles. The minimum Gasteiger partial charge on any atom is -0.348 e. The summed E-state index contributed by atoms with van der Waals surface area (Å²) in [6.07, 6.45) is 5.88. The molecule has 0 radical (unpaired) electrons. The number of likely N-dealkylation sites (tertiary alicyclic amines) is 1. The number of aromatic nitrogens is 3. The zero-order valence-electron chi connectivity index (χ0n) is 16.5. The summed E-state index contributed by atoms with van der Waals surface area (Å²) in [5.41, 5.74) is 3.05. The second-order valence-electron chi connectivity index (χ2n) is 7.87. The van der Waals surface area contributed by atoms with Gasteiger partial charge in [-0.25, -0.2) is 9.50 Å². The third kappa shape index (κ3) is 3.92. The molecule has 3 aromatic rings. The van der Waals surface area contributed by atoms with Gasteiger partial charge in [0.15, 0.2) is 5.65 Å². The minimum absolute atomic E-state index is 0.0741. The molecule has 1 fully saturated rings. The van der Waals surface area contributed by atoms with E-state index in [0.717, 1.165) is 36.8 Å². The number of nitrogens with zero attached hydrogens (tertiary/aromatic N) is 4. The highest BCUT2D eigenvalue weighted by molar-refractivity contribution is 6.00. The highest BCUT2D eigenvalue weighted by Crippen LogP contribution is 2.21. The molecule has 2 unspecified atom stereocenters. The van der Waals surface area contributed by atoms with Crippen LogP contribution in [-0.2, 0) is 0 Å². The van der Waals surface area contributed by atoms with Crippen molar-refractivity contribution in [2.45, 2.75) is 32.7 Å². The molecule has 28 heavy (non-hydrogen) atoms.